The molecule has 3 N–H and O–H groups in total. The molecule has 0 unspecified atom stereocenters. The van der Waals surface area contributed by atoms with Crippen LogP contribution in [0, 0.1) is 0 Å². The van der Waals surface area contributed by atoms with Gasteiger partial charge in [-0.2, -0.15) is 0 Å². The first-order valence-corrected chi connectivity index (χ1v) is 11.1. The molecule has 11 heteroatoms. The van der Waals surface area contributed by atoms with Gasteiger partial charge in [0, 0.05) is 0 Å². The van der Waals surface area contributed by atoms with E-state index in [0.29, 0.717) is 24.9 Å². The molecule has 30 heavy (non-hydrogen) atoms. The number of likely N-dealkylation sites (N-methyl/N-ethyl adjacent to an activating group) is 1. The summed E-state index contributed by atoms with van der Waals surface area (Å²) in [5.41, 5.74) is 0. The Kier molecular flexibility index (Phi) is 11.8. The Morgan fingerprint density at radius 2 is 2.00 bits per heavy atom. The molecule has 1 rings (SSSR count). The van der Waals surface area contributed by atoms with Gasteiger partial charge in [-0.1, -0.05) is 0 Å². The monoisotopic (exact) mass is 443 g/mol. The van der Waals surface area contributed by atoms with Crippen LogP contribution in [0.3, 0.4) is 0 Å². The first-order valence-electron chi connectivity index (χ1n) is 9.32. The van der Waals surface area contributed by atoms with Gasteiger partial charge < -0.3 is 0 Å². The Balaban J connectivity index is 2.74. The minimum atomic E-state index is -3.92. The number of methoxy groups -OCH3 is 1. The van der Waals surface area contributed by atoms with Crippen LogP contribution in [-0.4, -0.2) is 67.9 Å². The number of rotatable bonds is 15. The van der Waals surface area contributed by atoms with E-state index in [2.05, 4.69) is 10.4 Å². The van der Waals surface area contributed by atoms with Gasteiger partial charge in [0.05, 0.1) is 0 Å². The van der Waals surface area contributed by atoms with Crippen LogP contribution in [0.25, 0.3) is 0 Å². The van der Waals surface area contributed by atoms with Crippen molar-refractivity contribution in [2.75, 3.05) is 27.3 Å². The molecule has 0 bridgehead atoms. The number of aldehydes is 1. The van der Waals surface area contributed by atoms with Gasteiger partial charge in [-0.15, -0.1) is 0 Å². The molecule has 168 valence electrons. The van der Waals surface area contributed by atoms with Gasteiger partial charge >= 0.3 is 176 Å². The van der Waals surface area contributed by atoms with Crippen molar-refractivity contribution in [1.29, 1.82) is 0 Å². The molecule has 0 aromatic heterocycles. The summed E-state index contributed by atoms with van der Waals surface area (Å²) in [5, 5.41) is 5.03. The molecule has 0 spiro atoms. The van der Waals surface area contributed by atoms with Crippen molar-refractivity contribution in [3.05, 3.63) is 42.6 Å². The molecular formula is C19H30N3O7P. The summed E-state index contributed by atoms with van der Waals surface area (Å²) in [6.07, 6.45) is 3.67. The van der Waals surface area contributed by atoms with E-state index in [9.17, 15) is 19.3 Å². The second-order valence-corrected chi connectivity index (χ2v) is 8.29. The first kappa shape index (κ1) is 25.7. The summed E-state index contributed by atoms with van der Waals surface area (Å²) in [6, 6.07) is 8.27. The van der Waals surface area contributed by atoms with Gasteiger partial charge in [-0.25, -0.2) is 0 Å². The van der Waals surface area contributed by atoms with Gasteiger partial charge in [0.1, 0.15) is 0 Å². The quantitative estimate of drug-likeness (QED) is 0.206. The topological polar surface area (TPSA) is 126 Å². The number of carbonyl (C=O) groups excluding carboxylic acids is 3. The van der Waals surface area contributed by atoms with E-state index in [4.69, 9.17) is 13.8 Å². The zero-order chi connectivity index (χ0) is 22.4. The van der Waals surface area contributed by atoms with E-state index >= 15 is 0 Å². The van der Waals surface area contributed by atoms with E-state index in [1.165, 1.54) is 31.3 Å². The van der Waals surface area contributed by atoms with E-state index in [-0.39, 0.29) is 25.1 Å². The summed E-state index contributed by atoms with van der Waals surface area (Å²) < 4.78 is 16.6. The van der Waals surface area contributed by atoms with Crippen LogP contribution in [-0.2, 0) is 23.6 Å². The third-order valence-corrected chi connectivity index (χ3v) is 5.81. The number of para-hydroxylation sites is 1. The fraction of sp³-hybridized carbons (Fsp3) is 0.421. The van der Waals surface area contributed by atoms with E-state index in [0.717, 1.165) is 0 Å². The third-order valence-electron chi connectivity index (χ3n) is 4.09. The summed E-state index contributed by atoms with van der Waals surface area (Å²) in [4.78, 5) is 45.5. The van der Waals surface area contributed by atoms with Gasteiger partial charge in [0.15, 0.2) is 0 Å². The molecule has 10 nitrogen and oxygen atoms in total. The van der Waals surface area contributed by atoms with Gasteiger partial charge in [0.25, 0.3) is 0 Å². The van der Waals surface area contributed by atoms with Crippen LogP contribution in [0.5, 0.6) is 5.75 Å². The van der Waals surface area contributed by atoms with Crippen LogP contribution in [0.2, 0.25) is 0 Å². The summed E-state index contributed by atoms with van der Waals surface area (Å²) in [6.45, 7) is 1.59. The number of carbonyl (C=O) groups is 3. The molecule has 0 aliphatic carbocycles. The molecule has 0 saturated carbocycles. The average Bonchev–Trinajstić information content (AvgIpc) is 2.76. The Morgan fingerprint density at radius 3 is 2.57 bits per heavy atom. The number of nitrogens with one attached hydrogen (secondary N) is 2. The standard InChI is InChI=1S/C19H30N3O7P/c1-16(22(15-24)11-9-19(25)20-2)13-18(27-3)14-28-30(26,21-10-12-23)29-17-7-5-4-6-8-17/h4-9,11-12,15-16,18,21,26,30H,10,13-14H2,1-3H3,(H,20,25)/b11-9-/t16-,18-/m0/s1. The average molecular weight is 443 g/mol. The Bertz CT molecular complexity index is 692. The summed E-state index contributed by atoms with van der Waals surface area (Å²) in [5.74, 6) is 0.0509. The predicted molar refractivity (Wildman–Crippen MR) is 114 cm³/mol. The zero-order valence-corrected chi connectivity index (χ0v) is 18.3. The Morgan fingerprint density at radius 1 is 1.30 bits per heavy atom. The number of amides is 2. The maximum absolute atomic E-state index is 11.3. The van der Waals surface area contributed by atoms with Crippen LogP contribution >= 0.6 is 8.09 Å². The molecule has 0 heterocycles. The zero-order valence-electron chi connectivity index (χ0n) is 17.3. The summed E-state index contributed by atoms with van der Waals surface area (Å²) in [7, 11) is -0.960. The van der Waals surface area contributed by atoms with Crippen molar-refractivity contribution in [2.45, 2.75) is 25.5 Å². The molecule has 2 amide bonds. The Hall–Kier alpha value is -2.36. The molecule has 0 radical (unpaired) electrons. The van der Waals surface area contributed by atoms with E-state index < -0.39 is 14.2 Å². The third kappa shape index (κ3) is 9.43. The summed E-state index contributed by atoms with van der Waals surface area (Å²) >= 11 is 0. The van der Waals surface area contributed by atoms with Crippen LogP contribution in [0.15, 0.2) is 42.6 Å². The molecule has 0 fully saturated rings. The van der Waals surface area contributed by atoms with Gasteiger partial charge in [-0.05, 0) is 0 Å². The van der Waals surface area contributed by atoms with Crippen molar-refractivity contribution in [1.82, 2.24) is 15.3 Å². The molecular weight excluding hydrogens is 413 g/mol. The number of hydrogen-bond donors (Lipinski definition) is 3. The number of nitrogens with zero attached hydrogens (tertiary/aromatic N) is 1. The SMILES string of the molecule is CNC(=O)/C=C\N(C=O)[C@@H](C)C[C@@H](CO[PH](O)(NCC=O)Oc1ccccc1)OC. The normalized spacial score (nSPS) is 14.0. The molecule has 0 aliphatic rings. The first-order chi connectivity index (χ1) is 14.4. The second-order valence-electron chi connectivity index (χ2n) is 6.28. The number of benzene rings is 1. The van der Waals surface area contributed by atoms with Crippen molar-refractivity contribution in [3.8, 4) is 5.75 Å². The molecule has 1 aromatic rings. The van der Waals surface area contributed by atoms with E-state index in [1.807, 2.05) is 0 Å². The van der Waals surface area contributed by atoms with E-state index in [1.54, 1.807) is 37.3 Å². The Labute approximate surface area is 176 Å². The fourth-order valence-corrected chi connectivity index (χ4v) is 3.84. The fourth-order valence-electron chi connectivity index (χ4n) is 2.40. The second kappa shape index (κ2) is 13.8. The van der Waals surface area contributed by atoms with Crippen LogP contribution in [0.1, 0.15) is 13.3 Å². The van der Waals surface area contributed by atoms with Crippen LogP contribution < -0.4 is 14.9 Å². The van der Waals surface area contributed by atoms with Crippen molar-refractivity contribution >= 4 is 26.7 Å². The van der Waals surface area contributed by atoms with Crippen molar-refractivity contribution in [2.24, 2.45) is 0 Å². The number of hydrogen-bond acceptors (Lipinski definition) is 8. The van der Waals surface area contributed by atoms with Crippen molar-refractivity contribution < 1.29 is 33.1 Å². The molecule has 2 atom stereocenters. The molecule has 0 saturated heterocycles. The minimum absolute atomic E-state index is 0.0475. The van der Waals surface area contributed by atoms with Crippen LogP contribution in [0.4, 0.5) is 0 Å². The van der Waals surface area contributed by atoms with Gasteiger partial charge in [0.2, 0.25) is 0 Å². The maximum atomic E-state index is 11.3. The predicted octanol–water partition coefficient (Wildman–Crippen LogP) is 0.784. The molecule has 0 aliphatic heterocycles. The number of ether oxygens (including phenoxy) is 1. The van der Waals surface area contributed by atoms with Gasteiger partial charge in [-0.3, -0.25) is 0 Å². The van der Waals surface area contributed by atoms with Crippen molar-refractivity contribution in [3.63, 3.8) is 0 Å². The molecule has 1 aromatic carbocycles.